The largest absolute Gasteiger partial charge is 0.305 e. The van der Waals surface area contributed by atoms with Crippen molar-refractivity contribution in [2.75, 3.05) is 5.32 Å². The Hall–Kier alpha value is -2.17. The van der Waals surface area contributed by atoms with Crippen molar-refractivity contribution in [2.24, 2.45) is 0 Å². The first-order valence-electron chi connectivity index (χ1n) is 4.92. The first-order valence-corrected chi connectivity index (χ1v) is 4.92. The predicted molar refractivity (Wildman–Crippen MR) is 60.3 cm³/mol. The van der Waals surface area contributed by atoms with E-state index in [0.717, 1.165) is 11.3 Å². The van der Waals surface area contributed by atoms with E-state index in [9.17, 15) is 4.79 Å². The Bertz CT molecular complexity index is 518. The van der Waals surface area contributed by atoms with Gasteiger partial charge in [-0.25, -0.2) is 4.98 Å². The number of nitrogens with one attached hydrogen (secondary N) is 2. The summed E-state index contributed by atoms with van der Waals surface area (Å²) in [7, 11) is 0. The van der Waals surface area contributed by atoms with Gasteiger partial charge < -0.3 is 5.32 Å². The Labute approximate surface area is 92.9 Å². The third kappa shape index (κ3) is 2.08. The smallest absolute Gasteiger partial charge is 0.277 e. The summed E-state index contributed by atoms with van der Waals surface area (Å²) in [6.07, 6.45) is 1.64. The molecule has 2 heterocycles. The van der Waals surface area contributed by atoms with Crippen LogP contribution in [0.2, 0.25) is 0 Å². The second-order valence-electron chi connectivity index (χ2n) is 3.56. The van der Waals surface area contributed by atoms with Crippen LogP contribution in [-0.2, 0) is 0 Å². The molecule has 16 heavy (non-hydrogen) atoms. The lowest BCUT2D eigenvalue weighted by Gasteiger charge is -2.04. The van der Waals surface area contributed by atoms with Gasteiger partial charge in [-0.15, -0.1) is 0 Å². The third-order valence-electron chi connectivity index (χ3n) is 2.18. The highest BCUT2D eigenvalue weighted by molar-refractivity contribution is 6.02. The molecule has 0 aromatic carbocycles. The molecule has 82 valence electrons. The highest BCUT2D eigenvalue weighted by Crippen LogP contribution is 2.10. The molecule has 1 amide bonds. The maximum Gasteiger partial charge on any atom is 0.277 e. The van der Waals surface area contributed by atoms with Crippen molar-refractivity contribution in [3.05, 3.63) is 41.3 Å². The minimum atomic E-state index is -0.258. The average molecular weight is 216 g/mol. The molecule has 0 saturated carbocycles. The number of aromatic amines is 1. The van der Waals surface area contributed by atoms with Gasteiger partial charge in [-0.2, -0.15) is 5.10 Å². The second kappa shape index (κ2) is 4.14. The number of carbonyl (C=O) groups excluding carboxylic acids is 1. The first kappa shape index (κ1) is 10.4. The molecule has 0 fully saturated rings. The van der Waals surface area contributed by atoms with Crippen LogP contribution in [0.5, 0.6) is 0 Å². The zero-order chi connectivity index (χ0) is 11.5. The number of H-pyrrole nitrogens is 1. The molecular formula is C11H12N4O. The Morgan fingerprint density at radius 3 is 2.88 bits per heavy atom. The molecular weight excluding hydrogens is 204 g/mol. The molecule has 2 N–H and O–H groups in total. The van der Waals surface area contributed by atoms with Crippen molar-refractivity contribution in [1.29, 1.82) is 0 Å². The summed E-state index contributed by atoms with van der Waals surface area (Å²) in [5.41, 5.74) is 2.13. The summed E-state index contributed by atoms with van der Waals surface area (Å²) in [4.78, 5) is 15.8. The molecule has 0 aliphatic carbocycles. The topological polar surface area (TPSA) is 70.7 Å². The van der Waals surface area contributed by atoms with Crippen LogP contribution in [0.1, 0.15) is 21.7 Å². The molecule has 0 bridgehead atoms. The van der Waals surface area contributed by atoms with Gasteiger partial charge in [0.05, 0.1) is 0 Å². The molecule has 2 aromatic rings. The standard InChI is InChI=1S/C11H12N4O/c1-7-4-3-5-12-10(7)13-11(16)9-6-8(2)14-15-9/h3-6H,1-2H3,(H,14,15)(H,12,13,16). The highest BCUT2D eigenvalue weighted by Gasteiger charge is 2.10. The van der Waals surface area contributed by atoms with Crippen LogP contribution in [-0.4, -0.2) is 21.1 Å². The van der Waals surface area contributed by atoms with Gasteiger partial charge in [0.1, 0.15) is 5.82 Å². The summed E-state index contributed by atoms with van der Waals surface area (Å²) < 4.78 is 0. The molecule has 2 rings (SSSR count). The molecule has 0 spiro atoms. The Kier molecular flexibility index (Phi) is 2.68. The fraction of sp³-hybridized carbons (Fsp3) is 0.182. The van der Waals surface area contributed by atoms with E-state index in [0.29, 0.717) is 11.5 Å². The van der Waals surface area contributed by atoms with Gasteiger partial charge >= 0.3 is 0 Å². The quantitative estimate of drug-likeness (QED) is 0.802. The molecule has 0 radical (unpaired) electrons. The number of rotatable bonds is 2. The zero-order valence-electron chi connectivity index (χ0n) is 9.11. The predicted octanol–water partition coefficient (Wildman–Crippen LogP) is 1.67. The van der Waals surface area contributed by atoms with Crippen LogP contribution in [0, 0.1) is 13.8 Å². The van der Waals surface area contributed by atoms with Gasteiger partial charge in [-0.1, -0.05) is 6.07 Å². The second-order valence-corrected chi connectivity index (χ2v) is 3.56. The molecule has 0 aliphatic heterocycles. The van der Waals surface area contributed by atoms with Gasteiger partial charge in [-0.05, 0) is 31.5 Å². The van der Waals surface area contributed by atoms with E-state index in [4.69, 9.17) is 0 Å². The Morgan fingerprint density at radius 1 is 1.44 bits per heavy atom. The Morgan fingerprint density at radius 2 is 2.25 bits per heavy atom. The van der Waals surface area contributed by atoms with Crippen molar-refractivity contribution in [1.82, 2.24) is 15.2 Å². The number of amides is 1. The SMILES string of the molecule is Cc1cc(C(=O)Nc2ncccc2C)n[nH]1. The van der Waals surface area contributed by atoms with Crippen molar-refractivity contribution >= 4 is 11.7 Å². The Balaban J connectivity index is 2.17. The number of aryl methyl sites for hydroxylation is 2. The number of hydrogen-bond donors (Lipinski definition) is 2. The fourth-order valence-corrected chi connectivity index (χ4v) is 1.32. The molecule has 5 heteroatoms. The number of carbonyl (C=O) groups is 1. The van der Waals surface area contributed by atoms with Crippen molar-refractivity contribution in [3.8, 4) is 0 Å². The number of anilines is 1. The average Bonchev–Trinajstić information content (AvgIpc) is 2.68. The van der Waals surface area contributed by atoms with Crippen molar-refractivity contribution < 1.29 is 4.79 Å². The van der Waals surface area contributed by atoms with E-state index in [1.165, 1.54) is 0 Å². The monoisotopic (exact) mass is 216 g/mol. The summed E-state index contributed by atoms with van der Waals surface area (Å²) >= 11 is 0. The van der Waals surface area contributed by atoms with E-state index in [-0.39, 0.29) is 5.91 Å². The molecule has 5 nitrogen and oxygen atoms in total. The van der Waals surface area contributed by atoms with E-state index in [1.807, 2.05) is 26.0 Å². The summed E-state index contributed by atoms with van der Waals surface area (Å²) in [6.45, 7) is 3.73. The van der Waals surface area contributed by atoms with Crippen LogP contribution < -0.4 is 5.32 Å². The van der Waals surface area contributed by atoms with Gasteiger partial charge in [0, 0.05) is 11.9 Å². The van der Waals surface area contributed by atoms with E-state index in [1.54, 1.807) is 12.3 Å². The van der Waals surface area contributed by atoms with Gasteiger partial charge in [-0.3, -0.25) is 9.89 Å². The minimum Gasteiger partial charge on any atom is -0.305 e. The van der Waals surface area contributed by atoms with E-state index >= 15 is 0 Å². The maximum atomic E-state index is 11.7. The normalized spacial score (nSPS) is 10.1. The van der Waals surface area contributed by atoms with Gasteiger partial charge in [0.25, 0.3) is 5.91 Å². The minimum absolute atomic E-state index is 0.258. The molecule has 0 saturated heterocycles. The zero-order valence-corrected chi connectivity index (χ0v) is 9.11. The van der Waals surface area contributed by atoms with Crippen molar-refractivity contribution in [3.63, 3.8) is 0 Å². The van der Waals surface area contributed by atoms with Crippen LogP contribution in [0.4, 0.5) is 5.82 Å². The first-order chi connectivity index (χ1) is 7.66. The number of nitrogens with zero attached hydrogens (tertiary/aromatic N) is 2. The number of hydrogen-bond acceptors (Lipinski definition) is 3. The number of aromatic nitrogens is 3. The van der Waals surface area contributed by atoms with E-state index < -0.39 is 0 Å². The maximum absolute atomic E-state index is 11.7. The molecule has 0 aliphatic rings. The third-order valence-corrected chi connectivity index (χ3v) is 2.18. The summed E-state index contributed by atoms with van der Waals surface area (Å²) in [6, 6.07) is 5.40. The number of pyridine rings is 1. The van der Waals surface area contributed by atoms with Crippen LogP contribution >= 0.6 is 0 Å². The van der Waals surface area contributed by atoms with E-state index in [2.05, 4.69) is 20.5 Å². The van der Waals surface area contributed by atoms with Crippen LogP contribution in [0.25, 0.3) is 0 Å². The van der Waals surface area contributed by atoms with Crippen molar-refractivity contribution in [2.45, 2.75) is 13.8 Å². The lowest BCUT2D eigenvalue weighted by atomic mass is 10.3. The lowest BCUT2D eigenvalue weighted by molar-refractivity contribution is 0.102. The lowest BCUT2D eigenvalue weighted by Crippen LogP contribution is -2.14. The molecule has 0 atom stereocenters. The fourth-order valence-electron chi connectivity index (χ4n) is 1.32. The van der Waals surface area contributed by atoms with Gasteiger partial charge in [0.2, 0.25) is 0 Å². The summed E-state index contributed by atoms with van der Waals surface area (Å²) in [5.74, 6) is 0.305. The molecule has 2 aromatic heterocycles. The summed E-state index contributed by atoms with van der Waals surface area (Å²) in [5, 5.41) is 9.30. The highest BCUT2D eigenvalue weighted by atomic mass is 16.2. The van der Waals surface area contributed by atoms with Crippen LogP contribution in [0.15, 0.2) is 24.4 Å². The molecule has 0 unspecified atom stereocenters. The van der Waals surface area contributed by atoms with Gasteiger partial charge in [0.15, 0.2) is 5.69 Å². The van der Waals surface area contributed by atoms with Crippen LogP contribution in [0.3, 0.4) is 0 Å².